The van der Waals surface area contributed by atoms with Crippen molar-refractivity contribution in [2.24, 2.45) is 11.8 Å². The Morgan fingerprint density at radius 2 is 2.21 bits per heavy atom. The van der Waals surface area contributed by atoms with Gasteiger partial charge in [-0.15, -0.1) is 0 Å². The van der Waals surface area contributed by atoms with Crippen LogP contribution in [0.1, 0.15) is 37.2 Å². The Hall–Kier alpha value is -2.02. The highest BCUT2D eigenvalue weighted by Crippen LogP contribution is 2.36. The number of amides is 2. The van der Waals surface area contributed by atoms with Gasteiger partial charge in [-0.3, -0.25) is 14.6 Å². The molecule has 130 valence electrons. The summed E-state index contributed by atoms with van der Waals surface area (Å²) in [5.74, 6) is 0.324. The van der Waals surface area contributed by atoms with E-state index in [1.165, 1.54) is 18.6 Å². The minimum Gasteiger partial charge on any atom is -0.371 e. The summed E-state index contributed by atoms with van der Waals surface area (Å²) in [4.78, 5) is 33.7. The topological polar surface area (TPSA) is 84.4 Å². The highest BCUT2D eigenvalue weighted by molar-refractivity contribution is 5.91. The number of hydrogen-bond acceptors (Lipinski definition) is 5. The lowest BCUT2D eigenvalue weighted by Gasteiger charge is -2.53. The minimum atomic E-state index is -0.208. The molecule has 3 rings (SSSR count). The van der Waals surface area contributed by atoms with Gasteiger partial charge in [0, 0.05) is 24.9 Å². The number of carbonyl (C=O) groups is 2. The Morgan fingerprint density at radius 3 is 2.79 bits per heavy atom. The maximum Gasteiger partial charge on any atom is 0.271 e. The fraction of sp³-hybridized carbons (Fsp3) is 0.647. The van der Waals surface area contributed by atoms with Crippen molar-refractivity contribution in [3.8, 4) is 0 Å². The average molecular weight is 332 g/mol. The molecule has 7 nitrogen and oxygen atoms in total. The van der Waals surface area contributed by atoms with Gasteiger partial charge in [-0.05, 0) is 18.8 Å². The molecule has 24 heavy (non-hydrogen) atoms. The molecular weight excluding hydrogens is 308 g/mol. The van der Waals surface area contributed by atoms with E-state index in [1.54, 1.807) is 0 Å². The Morgan fingerprint density at radius 1 is 1.42 bits per heavy atom. The normalized spacial score (nSPS) is 22.3. The van der Waals surface area contributed by atoms with E-state index >= 15 is 0 Å². The maximum absolute atomic E-state index is 12.0. The molecule has 1 atom stereocenters. The second kappa shape index (κ2) is 6.84. The quantitative estimate of drug-likeness (QED) is 0.884. The van der Waals surface area contributed by atoms with Gasteiger partial charge in [-0.2, -0.15) is 0 Å². The van der Waals surface area contributed by atoms with Gasteiger partial charge in [0.1, 0.15) is 11.3 Å². The lowest BCUT2D eigenvalue weighted by Crippen LogP contribution is -2.67. The Balaban J connectivity index is 1.40. The van der Waals surface area contributed by atoms with Gasteiger partial charge in [-0.1, -0.05) is 13.8 Å². The van der Waals surface area contributed by atoms with Crippen molar-refractivity contribution in [1.82, 2.24) is 20.2 Å². The smallest absolute Gasteiger partial charge is 0.271 e. The van der Waals surface area contributed by atoms with Gasteiger partial charge < -0.3 is 15.0 Å². The second-order valence-electron chi connectivity index (χ2n) is 7.05. The molecule has 0 bridgehead atoms. The van der Waals surface area contributed by atoms with E-state index in [2.05, 4.69) is 15.3 Å². The van der Waals surface area contributed by atoms with E-state index in [-0.39, 0.29) is 23.3 Å². The van der Waals surface area contributed by atoms with Crippen LogP contribution in [0, 0.1) is 11.8 Å². The molecule has 0 saturated carbocycles. The van der Waals surface area contributed by atoms with Gasteiger partial charge in [0.2, 0.25) is 5.91 Å². The first kappa shape index (κ1) is 16.8. The van der Waals surface area contributed by atoms with E-state index in [0.717, 1.165) is 12.8 Å². The summed E-state index contributed by atoms with van der Waals surface area (Å²) in [5.41, 5.74) is 0.170. The standard InChI is InChI=1S/C17H24N4O3/c1-12(2)16(23)21-10-17(11-21)4-3-13(9-24-17)7-20-15(22)14-8-18-5-6-19-14/h5-6,8,12-13H,3-4,7,9-11H2,1-2H3,(H,20,22)/t13-/m0/s1. The lowest BCUT2D eigenvalue weighted by molar-refractivity contribution is -0.190. The summed E-state index contributed by atoms with van der Waals surface area (Å²) in [6, 6.07) is 0. The number of nitrogens with one attached hydrogen (secondary N) is 1. The summed E-state index contributed by atoms with van der Waals surface area (Å²) < 4.78 is 6.04. The van der Waals surface area contributed by atoms with Gasteiger partial charge in [0.05, 0.1) is 25.9 Å². The van der Waals surface area contributed by atoms with Crippen molar-refractivity contribution < 1.29 is 14.3 Å². The first-order valence-electron chi connectivity index (χ1n) is 8.46. The highest BCUT2D eigenvalue weighted by atomic mass is 16.5. The summed E-state index contributed by atoms with van der Waals surface area (Å²) in [7, 11) is 0. The zero-order valence-electron chi connectivity index (χ0n) is 14.2. The molecule has 0 aliphatic carbocycles. The summed E-state index contributed by atoms with van der Waals surface area (Å²) >= 11 is 0. The van der Waals surface area contributed by atoms with Gasteiger partial charge in [0.25, 0.3) is 5.91 Å². The summed E-state index contributed by atoms with van der Waals surface area (Å²) in [5, 5.41) is 2.89. The molecule has 7 heteroatoms. The Labute approximate surface area is 141 Å². The van der Waals surface area contributed by atoms with Crippen LogP contribution in [-0.2, 0) is 9.53 Å². The van der Waals surface area contributed by atoms with Crippen molar-refractivity contribution in [2.75, 3.05) is 26.2 Å². The first-order valence-corrected chi connectivity index (χ1v) is 8.46. The van der Waals surface area contributed by atoms with E-state index < -0.39 is 0 Å². The molecule has 1 N–H and O–H groups in total. The molecule has 1 aromatic rings. The van der Waals surface area contributed by atoms with Crippen LogP contribution in [-0.4, -0.2) is 58.5 Å². The molecule has 1 aromatic heterocycles. The SMILES string of the molecule is CC(C)C(=O)N1CC2(CC[C@@H](CNC(=O)c3cnccn3)CO2)C1. The molecular formula is C17H24N4O3. The number of rotatable bonds is 4. The molecule has 2 fully saturated rings. The largest absolute Gasteiger partial charge is 0.371 e. The third kappa shape index (κ3) is 3.56. The highest BCUT2D eigenvalue weighted by Gasteiger charge is 2.48. The van der Waals surface area contributed by atoms with E-state index in [0.29, 0.717) is 37.9 Å². The second-order valence-corrected chi connectivity index (χ2v) is 7.05. The lowest BCUT2D eigenvalue weighted by atomic mass is 9.82. The van der Waals surface area contributed by atoms with Crippen LogP contribution >= 0.6 is 0 Å². The molecule has 0 radical (unpaired) electrons. The Bertz CT molecular complexity index is 589. The van der Waals surface area contributed by atoms with Crippen molar-refractivity contribution in [2.45, 2.75) is 32.3 Å². The minimum absolute atomic E-state index is 0.0370. The van der Waals surface area contributed by atoms with Crippen LogP contribution in [0.3, 0.4) is 0 Å². The maximum atomic E-state index is 12.0. The van der Waals surface area contributed by atoms with Crippen LogP contribution in [0.5, 0.6) is 0 Å². The van der Waals surface area contributed by atoms with Crippen LogP contribution in [0.4, 0.5) is 0 Å². The van der Waals surface area contributed by atoms with Gasteiger partial charge in [0.15, 0.2) is 0 Å². The van der Waals surface area contributed by atoms with Crippen molar-refractivity contribution in [3.05, 3.63) is 24.3 Å². The number of aromatic nitrogens is 2. The number of nitrogens with zero attached hydrogens (tertiary/aromatic N) is 3. The number of likely N-dealkylation sites (tertiary alicyclic amines) is 1. The van der Waals surface area contributed by atoms with Crippen LogP contribution in [0.15, 0.2) is 18.6 Å². The predicted molar refractivity (Wildman–Crippen MR) is 87.2 cm³/mol. The van der Waals surface area contributed by atoms with E-state index in [4.69, 9.17) is 4.74 Å². The third-order valence-corrected chi connectivity index (χ3v) is 4.74. The van der Waals surface area contributed by atoms with E-state index in [9.17, 15) is 9.59 Å². The van der Waals surface area contributed by atoms with E-state index in [1.807, 2.05) is 18.7 Å². The number of carbonyl (C=O) groups excluding carboxylic acids is 2. The fourth-order valence-electron chi connectivity index (χ4n) is 3.24. The zero-order valence-corrected chi connectivity index (χ0v) is 14.2. The average Bonchev–Trinajstić information content (AvgIpc) is 2.58. The zero-order chi connectivity index (χ0) is 17.2. The van der Waals surface area contributed by atoms with Crippen LogP contribution in [0.25, 0.3) is 0 Å². The summed E-state index contributed by atoms with van der Waals surface area (Å²) in [6.07, 6.45) is 6.42. The summed E-state index contributed by atoms with van der Waals surface area (Å²) in [6.45, 7) is 6.42. The molecule has 2 aliphatic heterocycles. The van der Waals surface area contributed by atoms with Crippen LogP contribution < -0.4 is 5.32 Å². The van der Waals surface area contributed by atoms with Crippen molar-refractivity contribution in [3.63, 3.8) is 0 Å². The fourth-order valence-corrected chi connectivity index (χ4v) is 3.24. The molecule has 0 aromatic carbocycles. The molecule has 2 saturated heterocycles. The van der Waals surface area contributed by atoms with Gasteiger partial charge >= 0.3 is 0 Å². The number of hydrogen-bond donors (Lipinski definition) is 1. The monoisotopic (exact) mass is 332 g/mol. The van der Waals surface area contributed by atoms with Crippen molar-refractivity contribution >= 4 is 11.8 Å². The molecule has 0 unspecified atom stereocenters. The molecule has 2 aliphatic rings. The molecule has 2 amide bonds. The molecule has 1 spiro atoms. The number of ether oxygens (including phenoxy) is 1. The van der Waals surface area contributed by atoms with Crippen molar-refractivity contribution in [1.29, 1.82) is 0 Å². The molecule has 3 heterocycles. The Kier molecular flexibility index (Phi) is 4.80. The first-order chi connectivity index (χ1) is 11.5. The van der Waals surface area contributed by atoms with Gasteiger partial charge in [-0.25, -0.2) is 4.98 Å². The third-order valence-electron chi connectivity index (χ3n) is 4.74. The predicted octanol–water partition coefficient (Wildman–Crippen LogP) is 0.870. The van der Waals surface area contributed by atoms with Crippen LogP contribution in [0.2, 0.25) is 0 Å².